The fourth-order valence-corrected chi connectivity index (χ4v) is 2.73. The van der Waals surface area contributed by atoms with E-state index in [2.05, 4.69) is 55.5 Å². The highest BCUT2D eigenvalue weighted by molar-refractivity contribution is 5.74. The van der Waals surface area contributed by atoms with Gasteiger partial charge < -0.3 is 15.1 Å². The number of likely N-dealkylation sites (N-methyl/N-ethyl adjacent to an activating group) is 1. The minimum absolute atomic E-state index is 0.0410. The van der Waals surface area contributed by atoms with Crippen LogP contribution in [0, 0.1) is 5.92 Å². The van der Waals surface area contributed by atoms with Gasteiger partial charge in [-0.2, -0.15) is 0 Å². The van der Waals surface area contributed by atoms with Gasteiger partial charge in [-0.05, 0) is 51.8 Å². The maximum atomic E-state index is 12.3. The number of rotatable bonds is 7. The van der Waals surface area contributed by atoms with Crippen LogP contribution in [-0.2, 0) is 6.42 Å². The molecule has 1 fully saturated rings. The van der Waals surface area contributed by atoms with Crippen LogP contribution >= 0.6 is 0 Å². The summed E-state index contributed by atoms with van der Waals surface area (Å²) in [4.78, 5) is 16.3. The van der Waals surface area contributed by atoms with Gasteiger partial charge in [0, 0.05) is 25.7 Å². The molecule has 2 rings (SSSR count). The molecule has 1 N–H and O–H groups in total. The molecular weight excluding hydrogens is 274 g/mol. The van der Waals surface area contributed by atoms with E-state index in [4.69, 9.17) is 0 Å². The maximum Gasteiger partial charge on any atom is 0.317 e. The second-order valence-corrected chi connectivity index (χ2v) is 6.68. The third kappa shape index (κ3) is 4.73. The minimum atomic E-state index is 0.0410. The SMILES string of the molecule is CC(C1CC1)N(C)C(=O)NCC(Cc1ccccc1)N(C)C. The number of nitrogens with one attached hydrogen (secondary N) is 1. The van der Waals surface area contributed by atoms with Crippen molar-refractivity contribution >= 4 is 6.03 Å². The zero-order chi connectivity index (χ0) is 16.1. The Labute approximate surface area is 134 Å². The van der Waals surface area contributed by atoms with Gasteiger partial charge in [0.05, 0.1) is 0 Å². The first-order valence-electron chi connectivity index (χ1n) is 8.20. The molecule has 0 aliphatic heterocycles. The number of hydrogen-bond donors (Lipinski definition) is 1. The molecule has 122 valence electrons. The molecule has 22 heavy (non-hydrogen) atoms. The molecule has 0 saturated heterocycles. The Morgan fingerprint density at radius 1 is 1.23 bits per heavy atom. The third-order valence-corrected chi connectivity index (χ3v) is 4.77. The van der Waals surface area contributed by atoms with E-state index in [1.807, 2.05) is 18.0 Å². The topological polar surface area (TPSA) is 35.6 Å². The summed E-state index contributed by atoms with van der Waals surface area (Å²) < 4.78 is 0. The molecule has 0 heterocycles. The van der Waals surface area contributed by atoms with Gasteiger partial charge in [-0.1, -0.05) is 30.3 Å². The molecule has 2 amide bonds. The normalized spacial score (nSPS) is 17.1. The zero-order valence-electron chi connectivity index (χ0n) is 14.2. The lowest BCUT2D eigenvalue weighted by atomic mass is 10.1. The van der Waals surface area contributed by atoms with E-state index >= 15 is 0 Å². The van der Waals surface area contributed by atoms with Crippen LogP contribution in [0.25, 0.3) is 0 Å². The average Bonchev–Trinajstić information content (AvgIpc) is 3.35. The quantitative estimate of drug-likeness (QED) is 0.840. The fourth-order valence-electron chi connectivity index (χ4n) is 2.73. The third-order valence-electron chi connectivity index (χ3n) is 4.77. The monoisotopic (exact) mass is 303 g/mol. The highest BCUT2D eigenvalue weighted by Gasteiger charge is 2.32. The van der Waals surface area contributed by atoms with Gasteiger partial charge in [-0.25, -0.2) is 4.79 Å². The standard InChI is InChI=1S/C18H29N3O/c1-14(16-10-11-16)21(4)18(22)19-13-17(20(2)3)12-15-8-6-5-7-9-15/h5-9,14,16-17H,10-13H2,1-4H3,(H,19,22). The van der Waals surface area contributed by atoms with Crippen molar-refractivity contribution in [3.8, 4) is 0 Å². The van der Waals surface area contributed by atoms with Crippen molar-refractivity contribution in [2.45, 2.75) is 38.3 Å². The molecule has 1 aromatic carbocycles. The van der Waals surface area contributed by atoms with Gasteiger partial charge in [0.25, 0.3) is 0 Å². The predicted octanol–water partition coefficient (Wildman–Crippen LogP) is 2.60. The molecule has 2 unspecified atom stereocenters. The van der Waals surface area contributed by atoms with Crippen molar-refractivity contribution in [3.05, 3.63) is 35.9 Å². The lowest BCUT2D eigenvalue weighted by Crippen LogP contribution is -2.48. The van der Waals surface area contributed by atoms with Crippen LogP contribution in [0.5, 0.6) is 0 Å². The molecule has 0 aromatic heterocycles. The van der Waals surface area contributed by atoms with E-state index in [0.717, 1.165) is 6.42 Å². The summed E-state index contributed by atoms with van der Waals surface area (Å²) >= 11 is 0. The highest BCUT2D eigenvalue weighted by Crippen LogP contribution is 2.34. The molecule has 1 aromatic rings. The van der Waals surface area contributed by atoms with E-state index in [1.165, 1.54) is 18.4 Å². The first-order valence-corrected chi connectivity index (χ1v) is 8.20. The van der Waals surface area contributed by atoms with Crippen LogP contribution in [-0.4, -0.2) is 55.6 Å². The van der Waals surface area contributed by atoms with Crippen molar-refractivity contribution in [1.82, 2.24) is 15.1 Å². The zero-order valence-corrected chi connectivity index (χ0v) is 14.2. The number of urea groups is 1. The van der Waals surface area contributed by atoms with Crippen molar-refractivity contribution in [2.75, 3.05) is 27.7 Å². The number of nitrogens with zero attached hydrogens (tertiary/aromatic N) is 2. The predicted molar refractivity (Wildman–Crippen MR) is 91.0 cm³/mol. The number of carbonyl (C=O) groups is 1. The second-order valence-electron chi connectivity index (χ2n) is 6.68. The van der Waals surface area contributed by atoms with Crippen molar-refractivity contribution < 1.29 is 4.79 Å². The van der Waals surface area contributed by atoms with Crippen molar-refractivity contribution in [2.24, 2.45) is 5.92 Å². The Morgan fingerprint density at radius 3 is 2.41 bits per heavy atom. The Hall–Kier alpha value is -1.55. The van der Waals surface area contributed by atoms with E-state index in [0.29, 0.717) is 24.5 Å². The maximum absolute atomic E-state index is 12.3. The first-order chi connectivity index (χ1) is 10.5. The summed E-state index contributed by atoms with van der Waals surface area (Å²) in [5.74, 6) is 0.699. The second kappa shape index (κ2) is 7.63. The van der Waals surface area contributed by atoms with Gasteiger partial charge in [-0.3, -0.25) is 0 Å². The molecule has 0 radical (unpaired) electrons. The van der Waals surface area contributed by atoms with Crippen LogP contribution < -0.4 is 5.32 Å². The molecule has 0 bridgehead atoms. The Kier molecular flexibility index (Phi) is 5.83. The minimum Gasteiger partial charge on any atom is -0.336 e. The smallest absolute Gasteiger partial charge is 0.317 e. The molecular formula is C18H29N3O. The molecule has 4 heteroatoms. The summed E-state index contributed by atoms with van der Waals surface area (Å²) in [6, 6.07) is 11.1. The Bertz CT molecular complexity index is 470. The lowest BCUT2D eigenvalue weighted by molar-refractivity contribution is 0.183. The highest BCUT2D eigenvalue weighted by atomic mass is 16.2. The Balaban J connectivity index is 1.84. The van der Waals surface area contributed by atoms with E-state index < -0.39 is 0 Å². The van der Waals surface area contributed by atoms with Crippen LogP contribution in [0.3, 0.4) is 0 Å². The average molecular weight is 303 g/mol. The summed E-state index contributed by atoms with van der Waals surface area (Å²) in [5, 5.41) is 3.09. The molecule has 1 aliphatic rings. The number of benzene rings is 1. The largest absolute Gasteiger partial charge is 0.336 e. The van der Waals surface area contributed by atoms with Crippen LogP contribution in [0.4, 0.5) is 4.79 Å². The molecule has 4 nitrogen and oxygen atoms in total. The van der Waals surface area contributed by atoms with Crippen LogP contribution in [0.15, 0.2) is 30.3 Å². The van der Waals surface area contributed by atoms with Gasteiger partial charge >= 0.3 is 6.03 Å². The number of amides is 2. The summed E-state index contributed by atoms with van der Waals surface area (Å²) in [6.07, 6.45) is 3.45. The van der Waals surface area contributed by atoms with Gasteiger partial charge in [0.2, 0.25) is 0 Å². The number of carbonyl (C=O) groups excluding carboxylic acids is 1. The first kappa shape index (κ1) is 16.8. The Morgan fingerprint density at radius 2 is 1.86 bits per heavy atom. The lowest BCUT2D eigenvalue weighted by Gasteiger charge is -2.28. The van der Waals surface area contributed by atoms with Crippen LogP contribution in [0.1, 0.15) is 25.3 Å². The van der Waals surface area contributed by atoms with E-state index in [-0.39, 0.29) is 6.03 Å². The van der Waals surface area contributed by atoms with Crippen molar-refractivity contribution in [3.63, 3.8) is 0 Å². The van der Waals surface area contributed by atoms with E-state index in [1.54, 1.807) is 0 Å². The summed E-state index contributed by atoms with van der Waals surface area (Å²) in [6.45, 7) is 2.81. The van der Waals surface area contributed by atoms with Gasteiger partial charge in [0.15, 0.2) is 0 Å². The number of hydrogen-bond acceptors (Lipinski definition) is 2. The molecule has 2 atom stereocenters. The van der Waals surface area contributed by atoms with Crippen molar-refractivity contribution in [1.29, 1.82) is 0 Å². The molecule has 1 saturated carbocycles. The molecule has 1 aliphatic carbocycles. The summed E-state index contributed by atoms with van der Waals surface area (Å²) in [5.41, 5.74) is 1.30. The molecule has 0 spiro atoms. The van der Waals surface area contributed by atoms with Crippen LogP contribution in [0.2, 0.25) is 0 Å². The van der Waals surface area contributed by atoms with E-state index in [9.17, 15) is 4.79 Å². The summed E-state index contributed by atoms with van der Waals surface area (Å²) in [7, 11) is 6.03. The van der Waals surface area contributed by atoms with Gasteiger partial charge in [-0.15, -0.1) is 0 Å². The fraction of sp³-hybridized carbons (Fsp3) is 0.611. The van der Waals surface area contributed by atoms with Gasteiger partial charge in [0.1, 0.15) is 0 Å².